The van der Waals surface area contributed by atoms with Crippen LogP contribution in [0, 0.1) is 0 Å². The zero-order valence-corrected chi connectivity index (χ0v) is 15.3. The predicted octanol–water partition coefficient (Wildman–Crippen LogP) is 1.83. The number of fused-ring (bicyclic) bond motifs is 2. The third-order valence-electron chi connectivity index (χ3n) is 5.43. The van der Waals surface area contributed by atoms with E-state index in [4.69, 9.17) is 0 Å². The summed E-state index contributed by atoms with van der Waals surface area (Å²) in [7, 11) is 0. The fourth-order valence-electron chi connectivity index (χ4n) is 3.79. The van der Waals surface area contributed by atoms with Gasteiger partial charge in [-0.3, -0.25) is 4.90 Å². The molecule has 0 saturated heterocycles. The lowest BCUT2D eigenvalue weighted by molar-refractivity contribution is 0.114. The van der Waals surface area contributed by atoms with Gasteiger partial charge in [-0.1, -0.05) is 24.3 Å². The maximum absolute atomic E-state index is 10.5. The van der Waals surface area contributed by atoms with Crippen molar-refractivity contribution in [1.82, 2.24) is 24.7 Å². The van der Waals surface area contributed by atoms with Crippen LogP contribution in [-0.2, 0) is 13.0 Å². The molecule has 140 valence electrons. The zero-order valence-electron chi connectivity index (χ0n) is 15.3. The molecule has 1 atom stereocenters. The zero-order chi connectivity index (χ0) is 18.2. The maximum atomic E-state index is 10.5. The Morgan fingerprint density at radius 2 is 1.96 bits per heavy atom. The van der Waals surface area contributed by atoms with E-state index in [2.05, 4.69) is 49.8 Å². The minimum Gasteiger partial charge on any atom is -0.390 e. The predicted molar refractivity (Wildman–Crippen MR) is 103 cm³/mol. The van der Waals surface area contributed by atoms with Crippen LogP contribution in [0.1, 0.15) is 35.7 Å². The highest BCUT2D eigenvalue weighted by molar-refractivity contribution is 5.44. The first-order chi connectivity index (χ1) is 13.3. The molecule has 2 N–H and O–H groups in total. The van der Waals surface area contributed by atoms with Gasteiger partial charge in [-0.15, -0.1) is 15.3 Å². The fraction of sp³-hybridized carbons (Fsp3) is 0.450. The summed E-state index contributed by atoms with van der Waals surface area (Å²) in [5.74, 6) is 2.18. The van der Waals surface area contributed by atoms with Crippen molar-refractivity contribution in [3.8, 4) is 0 Å². The third kappa shape index (κ3) is 3.52. The van der Waals surface area contributed by atoms with Gasteiger partial charge in [0.15, 0.2) is 11.5 Å². The number of nitrogens with zero attached hydrogens (tertiary/aromatic N) is 5. The summed E-state index contributed by atoms with van der Waals surface area (Å²) in [5, 5.41) is 26.8. The molecule has 1 saturated carbocycles. The SMILES string of the molecule is OC(CNc1ccc2nnc(C3CC3)n2n1)CN1CCc2ccccc2C1. The van der Waals surface area contributed by atoms with E-state index >= 15 is 0 Å². The number of hydrogen-bond donors (Lipinski definition) is 2. The van der Waals surface area contributed by atoms with Crippen LogP contribution in [0.3, 0.4) is 0 Å². The molecule has 1 aliphatic heterocycles. The van der Waals surface area contributed by atoms with Gasteiger partial charge in [0, 0.05) is 32.1 Å². The quantitative estimate of drug-likeness (QED) is 0.695. The maximum Gasteiger partial charge on any atom is 0.178 e. The molecule has 7 heteroatoms. The van der Waals surface area contributed by atoms with E-state index in [1.807, 2.05) is 16.6 Å². The van der Waals surface area contributed by atoms with E-state index in [9.17, 15) is 5.11 Å². The lowest BCUT2D eigenvalue weighted by Gasteiger charge is -2.30. The normalized spacial score (nSPS) is 18.4. The highest BCUT2D eigenvalue weighted by Gasteiger charge is 2.29. The molecular weight excluding hydrogens is 340 g/mol. The van der Waals surface area contributed by atoms with Crippen molar-refractivity contribution in [2.45, 2.75) is 37.8 Å². The Morgan fingerprint density at radius 1 is 1.11 bits per heavy atom. The topological polar surface area (TPSA) is 78.6 Å². The van der Waals surface area contributed by atoms with Crippen LogP contribution in [0.5, 0.6) is 0 Å². The Labute approximate surface area is 158 Å². The summed E-state index contributed by atoms with van der Waals surface area (Å²) in [4.78, 5) is 2.32. The van der Waals surface area contributed by atoms with Gasteiger partial charge in [0.25, 0.3) is 0 Å². The summed E-state index contributed by atoms with van der Waals surface area (Å²) >= 11 is 0. The number of rotatable bonds is 6. The van der Waals surface area contributed by atoms with Crippen molar-refractivity contribution in [1.29, 1.82) is 0 Å². The standard InChI is InChI=1S/C20H24N6O/c27-17(13-25-10-9-14-3-1-2-4-16(14)12-25)11-21-18-7-8-19-22-23-20(15-5-6-15)26(19)24-18/h1-4,7-8,15,17,27H,5-6,9-13H2,(H,21,24). The lowest BCUT2D eigenvalue weighted by Crippen LogP contribution is -2.39. The minimum absolute atomic E-state index is 0.448. The average molecular weight is 364 g/mol. The number of nitrogens with one attached hydrogen (secondary N) is 1. The van der Waals surface area contributed by atoms with Crippen molar-refractivity contribution < 1.29 is 5.11 Å². The Balaban J connectivity index is 1.19. The molecule has 7 nitrogen and oxygen atoms in total. The van der Waals surface area contributed by atoms with Crippen LogP contribution in [0.15, 0.2) is 36.4 Å². The van der Waals surface area contributed by atoms with Crippen LogP contribution in [-0.4, -0.2) is 55.6 Å². The average Bonchev–Trinajstić information content (AvgIpc) is 3.45. The molecule has 5 rings (SSSR count). The van der Waals surface area contributed by atoms with Crippen molar-refractivity contribution in [2.24, 2.45) is 0 Å². The first-order valence-corrected chi connectivity index (χ1v) is 9.70. The summed E-state index contributed by atoms with van der Waals surface area (Å²) in [5.41, 5.74) is 3.57. The second kappa shape index (κ2) is 6.90. The molecule has 2 aromatic heterocycles. The Bertz CT molecular complexity index is 951. The van der Waals surface area contributed by atoms with E-state index in [0.29, 0.717) is 19.0 Å². The Kier molecular flexibility index (Phi) is 4.26. The first-order valence-electron chi connectivity index (χ1n) is 9.70. The molecule has 1 aromatic carbocycles. The van der Waals surface area contributed by atoms with Gasteiger partial charge in [0.05, 0.1) is 6.10 Å². The number of anilines is 1. The summed E-state index contributed by atoms with van der Waals surface area (Å²) in [6.07, 6.45) is 2.93. The Hall–Kier alpha value is -2.51. The van der Waals surface area contributed by atoms with Gasteiger partial charge < -0.3 is 10.4 Å². The largest absolute Gasteiger partial charge is 0.390 e. The highest BCUT2D eigenvalue weighted by Crippen LogP contribution is 2.38. The monoisotopic (exact) mass is 364 g/mol. The number of aliphatic hydroxyl groups is 1. The van der Waals surface area contributed by atoms with Crippen molar-refractivity contribution in [2.75, 3.05) is 25.0 Å². The van der Waals surface area contributed by atoms with Crippen LogP contribution < -0.4 is 5.32 Å². The summed E-state index contributed by atoms with van der Waals surface area (Å²) in [6, 6.07) is 12.4. The molecule has 1 unspecified atom stereocenters. The van der Waals surface area contributed by atoms with Gasteiger partial charge in [0.1, 0.15) is 5.82 Å². The second-order valence-corrected chi connectivity index (χ2v) is 7.61. The minimum atomic E-state index is -0.448. The first kappa shape index (κ1) is 16.6. The molecule has 27 heavy (non-hydrogen) atoms. The van der Waals surface area contributed by atoms with Crippen LogP contribution >= 0.6 is 0 Å². The van der Waals surface area contributed by atoms with Gasteiger partial charge in [-0.05, 0) is 42.5 Å². The van der Waals surface area contributed by atoms with Crippen molar-refractivity contribution in [3.63, 3.8) is 0 Å². The molecule has 1 aliphatic carbocycles. The molecule has 3 heterocycles. The van der Waals surface area contributed by atoms with E-state index in [1.54, 1.807) is 0 Å². The van der Waals surface area contributed by atoms with Crippen molar-refractivity contribution >= 4 is 11.5 Å². The van der Waals surface area contributed by atoms with Crippen LogP contribution in [0.4, 0.5) is 5.82 Å². The van der Waals surface area contributed by atoms with Gasteiger partial charge >= 0.3 is 0 Å². The lowest BCUT2D eigenvalue weighted by atomic mass is 10.00. The molecule has 0 bridgehead atoms. The second-order valence-electron chi connectivity index (χ2n) is 7.61. The molecule has 3 aromatic rings. The smallest absolute Gasteiger partial charge is 0.178 e. The number of β-amino-alcohol motifs (C(OH)–C–C–N with tert-alkyl or cyclic N) is 1. The van der Waals surface area contributed by atoms with Gasteiger partial charge in [-0.2, -0.15) is 4.52 Å². The van der Waals surface area contributed by atoms with Gasteiger partial charge in [-0.25, -0.2) is 0 Å². The van der Waals surface area contributed by atoms with Crippen molar-refractivity contribution in [3.05, 3.63) is 53.3 Å². The molecular formula is C20H24N6O. The van der Waals surface area contributed by atoms with Crippen LogP contribution in [0.25, 0.3) is 5.65 Å². The molecule has 1 fully saturated rings. The van der Waals surface area contributed by atoms with E-state index < -0.39 is 6.10 Å². The molecule has 2 aliphatic rings. The van der Waals surface area contributed by atoms with Crippen LogP contribution in [0.2, 0.25) is 0 Å². The summed E-state index contributed by atoms with van der Waals surface area (Å²) in [6.45, 7) is 3.02. The number of hydrogen-bond acceptors (Lipinski definition) is 6. The number of aromatic nitrogens is 4. The number of benzene rings is 1. The van der Waals surface area contributed by atoms with E-state index in [1.165, 1.54) is 11.1 Å². The number of aliphatic hydroxyl groups excluding tert-OH is 1. The van der Waals surface area contributed by atoms with Gasteiger partial charge in [0.2, 0.25) is 0 Å². The third-order valence-corrected chi connectivity index (χ3v) is 5.43. The molecule has 0 radical (unpaired) electrons. The Morgan fingerprint density at radius 3 is 2.81 bits per heavy atom. The van der Waals surface area contributed by atoms with E-state index in [-0.39, 0.29) is 0 Å². The molecule has 0 spiro atoms. The summed E-state index contributed by atoms with van der Waals surface area (Å²) < 4.78 is 1.83. The highest BCUT2D eigenvalue weighted by atomic mass is 16.3. The molecule has 0 amide bonds. The van der Waals surface area contributed by atoms with E-state index in [0.717, 1.165) is 49.6 Å². The fourth-order valence-corrected chi connectivity index (χ4v) is 3.79.